The van der Waals surface area contributed by atoms with Gasteiger partial charge >= 0.3 is 5.97 Å². The number of rotatable bonds is 7. The second kappa shape index (κ2) is 7.97. The molecule has 2 N–H and O–H groups in total. The minimum Gasteiger partial charge on any atom is -0.465 e. The standard InChI is InChI=1S/C8H17NO4/c1-3-11-8(10)7(9)5-6-13-12-4-2/h7H,3-6,9H2,1-2H3. The highest BCUT2D eigenvalue weighted by atomic mass is 17.2. The summed E-state index contributed by atoms with van der Waals surface area (Å²) in [6.45, 7) is 4.67. The quantitative estimate of drug-likeness (QED) is 0.270. The minimum atomic E-state index is -0.625. The maximum atomic E-state index is 11.0. The Bertz CT molecular complexity index is 140. The van der Waals surface area contributed by atoms with Crippen LogP contribution in [0.15, 0.2) is 0 Å². The van der Waals surface area contributed by atoms with Crippen molar-refractivity contribution < 1.29 is 19.3 Å². The lowest BCUT2D eigenvalue weighted by molar-refractivity contribution is -0.291. The zero-order valence-electron chi connectivity index (χ0n) is 8.12. The van der Waals surface area contributed by atoms with Crippen molar-refractivity contribution in [1.82, 2.24) is 0 Å². The minimum absolute atomic E-state index is 0.299. The Morgan fingerprint density at radius 2 is 2.00 bits per heavy atom. The first-order valence-electron chi connectivity index (χ1n) is 4.39. The van der Waals surface area contributed by atoms with E-state index in [-0.39, 0.29) is 0 Å². The molecule has 5 nitrogen and oxygen atoms in total. The van der Waals surface area contributed by atoms with E-state index in [0.29, 0.717) is 26.2 Å². The van der Waals surface area contributed by atoms with Gasteiger partial charge in [0.25, 0.3) is 0 Å². The van der Waals surface area contributed by atoms with Crippen molar-refractivity contribution in [1.29, 1.82) is 0 Å². The van der Waals surface area contributed by atoms with Gasteiger partial charge in [0.1, 0.15) is 6.04 Å². The van der Waals surface area contributed by atoms with Crippen LogP contribution < -0.4 is 5.73 Å². The zero-order chi connectivity index (χ0) is 10.1. The fraction of sp³-hybridized carbons (Fsp3) is 0.875. The van der Waals surface area contributed by atoms with Gasteiger partial charge in [0.2, 0.25) is 0 Å². The molecule has 0 aliphatic rings. The SMILES string of the molecule is CCOOCCC(N)C(=O)OCC. The average Bonchev–Trinajstić information content (AvgIpc) is 2.12. The fourth-order valence-corrected chi connectivity index (χ4v) is 0.684. The summed E-state index contributed by atoms with van der Waals surface area (Å²) in [5, 5.41) is 0. The molecule has 0 saturated heterocycles. The molecule has 0 heterocycles. The number of nitrogens with two attached hydrogens (primary N) is 1. The van der Waals surface area contributed by atoms with Crippen LogP contribution in [0.3, 0.4) is 0 Å². The monoisotopic (exact) mass is 191 g/mol. The average molecular weight is 191 g/mol. The second-order valence-corrected chi connectivity index (χ2v) is 2.38. The number of carbonyl (C=O) groups is 1. The highest BCUT2D eigenvalue weighted by Crippen LogP contribution is 1.93. The van der Waals surface area contributed by atoms with Crippen LogP contribution >= 0.6 is 0 Å². The molecule has 0 aromatic heterocycles. The van der Waals surface area contributed by atoms with Gasteiger partial charge < -0.3 is 10.5 Å². The molecule has 0 aliphatic carbocycles. The Morgan fingerprint density at radius 3 is 2.54 bits per heavy atom. The van der Waals surface area contributed by atoms with E-state index in [1.165, 1.54) is 0 Å². The summed E-state index contributed by atoms with van der Waals surface area (Å²) < 4.78 is 4.70. The molecule has 0 rings (SSSR count). The first-order chi connectivity index (χ1) is 6.22. The maximum absolute atomic E-state index is 11.0. The molecule has 0 amide bonds. The smallest absolute Gasteiger partial charge is 0.322 e. The molecule has 13 heavy (non-hydrogen) atoms. The van der Waals surface area contributed by atoms with Crippen LogP contribution in [-0.2, 0) is 19.3 Å². The van der Waals surface area contributed by atoms with Gasteiger partial charge in [0.05, 0.1) is 19.8 Å². The van der Waals surface area contributed by atoms with Crippen molar-refractivity contribution in [2.24, 2.45) is 5.73 Å². The van der Waals surface area contributed by atoms with Crippen LogP contribution in [0.2, 0.25) is 0 Å². The lowest BCUT2D eigenvalue weighted by Crippen LogP contribution is -2.33. The molecule has 1 unspecified atom stereocenters. The summed E-state index contributed by atoms with van der Waals surface area (Å²) in [7, 11) is 0. The van der Waals surface area contributed by atoms with Crippen LogP contribution in [0.5, 0.6) is 0 Å². The molecule has 0 aliphatic heterocycles. The topological polar surface area (TPSA) is 70.8 Å². The van der Waals surface area contributed by atoms with Crippen molar-refractivity contribution in [3.05, 3.63) is 0 Å². The van der Waals surface area contributed by atoms with Gasteiger partial charge in [0.15, 0.2) is 0 Å². The molecule has 0 aromatic carbocycles. The van der Waals surface area contributed by atoms with Gasteiger partial charge in [-0.25, -0.2) is 9.78 Å². The van der Waals surface area contributed by atoms with E-state index in [2.05, 4.69) is 4.89 Å². The fourth-order valence-electron chi connectivity index (χ4n) is 0.684. The number of hydrogen-bond acceptors (Lipinski definition) is 5. The normalized spacial score (nSPS) is 12.5. The van der Waals surface area contributed by atoms with E-state index in [4.69, 9.17) is 15.4 Å². The van der Waals surface area contributed by atoms with Crippen molar-refractivity contribution in [2.75, 3.05) is 19.8 Å². The van der Waals surface area contributed by atoms with Crippen LogP contribution in [0.1, 0.15) is 20.3 Å². The summed E-state index contributed by atoms with van der Waals surface area (Å²) in [4.78, 5) is 20.3. The third-order valence-corrected chi connectivity index (χ3v) is 1.30. The maximum Gasteiger partial charge on any atom is 0.322 e. The molecule has 0 bridgehead atoms. The Morgan fingerprint density at radius 1 is 1.31 bits per heavy atom. The summed E-state index contributed by atoms with van der Waals surface area (Å²) in [6.07, 6.45) is 0.402. The van der Waals surface area contributed by atoms with Crippen LogP contribution in [0.4, 0.5) is 0 Å². The van der Waals surface area contributed by atoms with E-state index >= 15 is 0 Å². The highest BCUT2D eigenvalue weighted by molar-refractivity contribution is 5.75. The highest BCUT2D eigenvalue weighted by Gasteiger charge is 2.13. The third-order valence-electron chi connectivity index (χ3n) is 1.30. The zero-order valence-corrected chi connectivity index (χ0v) is 8.12. The largest absolute Gasteiger partial charge is 0.465 e. The molecular formula is C8H17NO4. The van der Waals surface area contributed by atoms with E-state index in [1.807, 2.05) is 6.92 Å². The predicted octanol–water partition coefficient (Wildman–Crippen LogP) is 0.235. The van der Waals surface area contributed by atoms with E-state index in [1.54, 1.807) is 6.92 Å². The van der Waals surface area contributed by atoms with E-state index in [9.17, 15) is 4.79 Å². The van der Waals surface area contributed by atoms with Crippen LogP contribution in [0.25, 0.3) is 0 Å². The third kappa shape index (κ3) is 6.51. The number of esters is 1. The van der Waals surface area contributed by atoms with Gasteiger partial charge in [0, 0.05) is 0 Å². The predicted molar refractivity (Wildman–Crippen MR) is 46.8 cm³/mol. The van der Waals surface area contributed by atoms with Gasteiger partial charge in [-0.1, -0.05) is 0 Å². The molecule has 0 spiro atoms. The van der Waals surface area contributed by atoms with E-state index < -0.39 is 12.0 Å². The number of carbonyl (C=O) groups excluding carboxylic acids is 1. The Hall–Kier alpha value is -0.650. The lowest BCUT2D eigenvalue weighted by Gasteiger charge is -2.09. The molecule has 0 fully saturated rings. The number of hydrogen-bond donors (Lipinski definition) is 1. The summed E-state index contributed by atoms with van der Waals surface area (Å²) in [5.41, 5.74) is 5.48. The Labute approximate surface area is 78.1 Å². The van der Waals surface area contributed by atoms with Crippen LogP contribution in [0, 0.1) is 0 Å². The van der Waals surface area contributed by atoms with Crippen LogP contribution in [-0.4, -0.2) is 31.8 Å². The molecule has 1 atom stereocenters. The number of ether oxygens (including phenoxy) is 1. The van der Waals surface area contributed by atoms with Crippen molar-refractivity contribution in [3.8, 4) is 0 Å². The summed E-state index contributed by atoms with van der Waals surface area (Å²) >= 11 is 0. The Kier molecular flexibility index (Phi) is 7.57. The van der Waals surface area contributed by atoms with Gasteiger partial charge in [-0.05, 0) is 20.3 Å². The van der Waals surface area contributed by atoms with E-state index in [0.717, 1.165) is 0 Å². The Balaban J connectivity index is 3.38. The molecule has 0 saturated carbocycles. The van der Waals surface area contributed by atoms with Crippen molar-refractivity contribution in [3.63, 3.8) is 0 Å². The first kappa shape index (κ1) is 12.3. The molecule has 78 valence electrons. The first-order valence-corrected chi connectivity index (χ1v) is 4.39. The van der Waals surface area contributed by atoms with Gasteiger partial charge in [-0.3, -0.25) is 4.79 Å². The molecule has 0 radical (unpaired) electrons. The lowest BCUT2D eigenvalue weighted by atomic mass is 10.2. The summed E-state index contributed by atoms with van der Waals surface area (Å²) in [5.74, 6) is -0.400. The van der Waals surface area contributed by atoms with Gasteiger partial charge in [-0.2, -0.15) is 0 Å². The summed E-state index contributed by atoms with van der Waals surface area (Å²) in [6, 6.07) is -0.625. The van der Waals surface area contributed by atoms with Crippen molar-refractivity contribution in [2.45, 2.75) is 26.3 Å². The molecular weight excluding hydrogens is 174 g/mol. The molecule has 0 aromatic rings. The van der Waals surface area contributed by atoms with Crippen molar-refractivity contribution >= 4 is 5.97 Å². The van der Waals surface area contributed by atoms with Gasteiger partial charge in [-0.15, -0.1) is 0 Å². The molecule has 5 heteroatoms. The second-order valence-electron chi connectivity index (χ2n) is 2.38.